The van der Waals surface area contributed by atoms with E-state index < -0.39 is 0 Å². The zero-order chi connectivity index (χ0) is 17.0. The maximum Gasteiger partial charge on any atom is 0.332 e. The van der Waals surface area contributed by atoms with Crippen molar-refractivity contribution in [3.05, 3.63) is 38.8 Å². The Bertz CT molecular complexity index is 816. The van der Waals surface area contributed by atoms with E-state index in [1.807, 2.05) is 6.92 Å². The predicted octanol–water partition coefficient (Wildman–Crippen LogP) is 2.80. The van der Waals surface area contributed by atoms with Gasteiger partial charge in [0.2, 0.25) is 5.28 Å². The molecule has 0 saturated heterocycles. The Morgan fingerprint density at radius 3 is 2.26 bits per heavy atom. The Hall–Kier alpha value is -1.82. The van der Waals surface area contributed by atoms with Crippen LogP contribution in [0.4, 0.5) is 0 Å². The summed E-state index contributed by atoms with van der Waals surface area (Å²) in [7, 11) is 0. The van der Waals surface area contributed by atoms with Gasteiger partial charge in [-0.1, -0.05) is 32.8 Å². The van der Waals surface area contributed by atoms with Crippen molar-refractivity contribution in [1.29, 1.82) is 0 Å². The number of nitrogens with zero attached hydrogens (tertiary/aromatic N) is 4. The third-order valence-corrected chi connectivity index (χ3v) is 4.14. The van der Waals surface area contributed by atoms with E-state index in [0.717, 1.165) is 25.7 Å². The second kappa shape index (κ2) is 7.64. The highest BCUT2D eigenvalue weighted by Gasteiger charge is 2.19. The normalized spacial score (nSPS) is 11.3. The van der Waals surface area contributed by atoms with Gasteiger partial charge in [-0.25, -0.2) is 4.79 Å². The van der Waals surface area contributed by atoms with E-state index >= 15 is 0 Å². The highest BCUT2D eigenvalue weighted by molar-refractivity contribution is 6.29. The van der Waals surface area contributed by atoms with E-state index in [1.54, 1.807) is 15.2 Å². The first-order chi connectivity index (χ1) is 11.1. The molecule has 0 atom stereocenters. The first-order valence-corrected chi connectivity index (χ1v) is 8.44. The van der Waals surface area contributed by atoms with E-state index in [9.17, 15) is 9.59 Å². The number of hydrogen-bond donors (Lipinski definition) is 0. The van der Waals surface area contributed by atoms with Crippen molar-refractivity contribution in [3.8, 4) is 0 Å². The summed E-state index contributed by atoms with van der Waals surface area (Å²) in [5, 5.41) is 0.204. The lowest BCUT2D eigenvalue weighted by molar-refractivity contribution is 0.529. The number of hydrogen-bond acceptors (Lipinski definition) is 3. The van der Waals surface area contributed by atoms with Crippen LogP contribution in [0.5, 0.6) is 0 Å². The molecule has 0 aliphatic heterocycles. The molecule has 7 heteroatoms. The van der Waals surface area contributed by atoms with Crippen molar-refractivity contribution in [1.82, 2.24) is 18.7 Å². The van der Waals surface area contributed by atoms with Crippen LogP contribution in [0, 0.1) is 0 Å². The van der Waals surface area contributed by atoms with Crippen molar-refractivity contribution < 1.29 is 0 Å². The second-order valence-electron chi connectivity index (χ2n) is 5.55. The first-order valence-electron chi connectivity index (χ1n) is 8.07. The van der Waals surface area contributed by atoms with Gasteiger partial charge in [-0.05, 0) is 24.4 Å². The van der Waals surface area contributed by atoms with Crippen LogP contribution in [0.15, 0.2) is 22.2 Å². The number of aromatic nitrogens is 4. The molecule has 0 bridgehead atoms. The Morgan fingerprint density at radius 1 is 1.09 bits per heavy atom. The number of rotatable bonds is 8. The van der Waals surface area contributed by atoms with Crippen LogP contribution >= 0.6 is 11.6 Å². The fraction of sp³-hybridized carbons (Fsp3) is 0.562. The molecule has 0 unspecified atom stereocenters. The second-order valence-corrected chi connectivity index (χ2v) is 5.89. The van der Waals surface area contributed by atoms with Crippen molar-refractivity contribution in [2.75, 3.05) is 0 Å². The highest BCUT2D eigenvalue weighted by atomic mass is 35.5. The minimum atomic E-state index is -0.326. The third-order valence-electron chi connectivity index (χ3n) is 3.85. The molecule has 0 saturated carbocycles. The smallest absolute Gasteiger partial charge is 0.305 e. The lowest BCUT2D eigenvalue weighted by Gasteiger charge is -2.11. The summed E-state index contributed by atoms with van der Waals surface area (Å²) >= 11 is 6.17. The van der Waals surface area contributed by atoms with Gasteiger partial charge < -0.3 is 4.57 Å². The SMILES string of the molecule is C=CCn1c(Cl)nc2c1c(=O)n(CCCC)c(=O)n2CCCC. The van der Waals surface area contributed by atoms with Gasteiger partial charge in [0.25, 0.3) is 5.56 Å². The molecule has 0 aromatic carbocycles. The zero-order valence-corrected chi connectivity index (χ0v) is 14.5. The van der Waals surface area contributed by atoms with Gasteiger partial charge in [0.05, 0.1) is 0 Å². The van der Waals surface area contributed by atoms with Crippen LogP contribution in [0.1, 0.15) is 39.5 Å². The fourth-order valence-corrected chi connectivity index (χ4v) is 2.82. The molecule has 0 fully saturated rings. The molecule has 0 N–H and O–H groups in total. The average Bonchev–Trinajstić information content (AvgIpc) is 2.84. The molecule has 2 aromatic rings. The zero-order valence-electron chi connectivity index (χ0n) is 13.7. The van der Waals surface area contributed by atoms with Crippen LogP contribution in [0.3, 0.4) is 0 Å². The summed E-state index contributed by atoms with van der Waals surface area (Å²) in [4.78, 5) is 29.8. The highest BCUT2D eigenvalue weighted by Crippen LogP contribution is 2.16. The standard InChI is InChI=1S/C16H23ClN4O2/c1-4-7-10-20-13-12(19(9-6-3)15(17)18-13)14(22)21(16(20)23)11-8-5-2/h6H,3-5,7-11H2,1-2H3. The van der Waals surface area contributed by atoms with Crippen LogP contribution < -0.4 is 11.2 Å². The third kappa shape index (κ3) is 3.27. The minimum Gasteiger partial charge on any atom is -0.305 e. The predicted molar refractivity (Wildman–Crippen MR) is 93.3 cm³/mol. The molecule has 6 nitrogen and oxygen atoms in total. The summed E-state index contributed by atoms with van der Waals surface area (Å²) in [6.45, 7) is 9.09. The molecular formula is C16H23ClN4O2. The van der Waals surface area contributed by atoms with Crippen molar-refractivity contribution >= 4 is 22.8 Å². The van der Waals surface area contributed by atoms with E-state index in [-0.39, 0.29) is 16.5 Å². The number of unbranched alkanes of at least 4 members (excludes halogenated alkanes) is 2. The van der Waals surface area contributed by atoms with E-state index in [1.165, 1.54) is 4.57 Å². The summed E-state index contributed by atoms with van der Waals surface area (Å²) in [6, 6.07) is 0. The van der Waals surface area contributed by atoms with Crippen LogP contribution in [-0.4, -0.2) is 18.7 Å². The Balaban J connectivity index is 2.80. The summed E-state index contributed by atoms with van der Waals surface area (Å²) in [6.07, 6.45) is 5.13. The molecule has 0 amide bonds. The van der Waals surface area contributed by atoms with Gasteiger partial charge in [0, 0.05) is 19.6 Å². The van der Waals surface area contributed by atoms with E-state index in [0.29, 0.717) is 30.8 Å². The van der Waals surface area contributed by atoms with Crippen molar-refractivity contribution in [2.45, 2.75) is 59.2 Å². The maximum atomic E-state index is 12.8. The summed E-state index contributed by atoms with van der Waals surface area (Å²) < 4.78 is 4.48. The summed E-state index contributed by atoms with van der Waals surface area (Å²) in [5.74, 6) is 0. The molecule has 126 valence electrons. The quantitative estimate of drug-likeness (QED) is 0.549. The number of allylic oxidation sites excluding steroid dienone is 1. The van der Waals surface area contributed by atoms with Gasteiger partial charge in [0.1, 0.15) is 0 Å². The molecule has 23 heavy (non-hydrogen) atoms. The fourth-order valence-electron chi connectivity index (χ4n) is 2.59. The molecule has 0 aliphatic rings. The number of halogens is 1. The lowest BCUT2D eigenvalue weighted by Crippen LogP contribution is -2.40. The maximum absolute atomic E-state index is 12.8. The minimum absolute atomic E-state index is 0.204. The van der Waals surface area contributed by atoms with E-state index in [2.05, 4.69) is 18.5 Å². The van der Waals surface area contributed by atoms with Crippen molar-refractivity contribution in [2.24, 2.45) is 0 Å². The van der Waals surface area contributed by atoms with E-state index in [4.69, 9.17) is 11.6 Å². The monoisotopic (exact) mass is 338 g/mol. The first kappa shape index (κ1) is 17.5. The molecule has 2 rings (SSSR count). The molecular weight excluding hydrogens is 316 g/mol. The number of imidazole rings is 1. The van der Waals surface area contributed by atoms with Gasteiger partial charge >= 0.3 is 5.69 Å². The molecule has 2 aromatic heterocycles. The lowest BCUT2D eigenvalue weighted by atomic mass is 10.3. The average molecular weight is 339 g/mol. The molecule has 2 heterocycles. The van der Waals surface area contributed by atoms with Crippen molar-refractivity contribution in [3.63, 3.8) is 0 Å². The van der Waals surface area contributed by atoms with Gasteiger partial charge in [0.15, 0.2) is 11.2 Å². The van der Waals surface area contributed by atoms with Gasteiger partial charge in [-0.15, -0.1) is 6.58 Å². The number of fused-ring (bicyclic) bond motifs is 1. The van der Waals surface area contributed by atoms with Gasteiger partial charge in [-0.2, -0.15) is 4.98 Å². The Labute approximate surface area is 140 Å². The molecule has 0 aliphatic carbocycles. The number of aryl methyl sites for hydroxylation is 1. The topological polar surface area (TPSA) is 61.8 Å². The Morgan fingerprint density at radius 2 is 1.70 bits per heavy atom. The molecule has 0 radical (unpaired) electrons. The Kier molecular flexibility index (Phi) is 5.82. The largest absolute Gasteiger partial charge is 0.332 e. The van der Waals surface area contributed by atoms with Crippen LogP contribution in [0.25, 0.3) is 11.2 Å². The van der Waals surface area contributed by atoms with Crippen LogP contribution in [0.2, 0.25) is 5.28 Å². The van der Waals surface area contributed by atoms with Crippen LogP contribution in [-0.2, 0) is 19.6 Å². The summed E-state index contributed by atoms with van der Waals surface area (Å²) in [5.41, 5.74) is 0.117. The molecule has 0 spiro atoms. The van der Waals surface area contributed by atoms with Gasteiger partial charge in [-0.3, -0.25) is 13.9 Å².